The molecule has 1 saturated heterocycles. The van der Waals surface area contributed by atoms with Gasteiger partial charge < -0.3 is 14.7 Å². The molecule has 0 bridgehead atoms. The van der Waals surface area contributed by atoms with Crippen LogP contribution in [0, 0.1) is 23.5 Å². The van der Waals surface area contributed by atoms with Crippen molar-refractivity contribution in [2.75, 3.05) is 13.1 Å². The molecular weight excluding hydrogens is 470 g/mol. The van der Waals surface area contributed by atoms with Gasteiger partial charge in [0.2, 0.25) is 0 Å². The molecule has 190 valence electrons. The lowest BCUT2D eigenvalue weighted by Gasteiger charge is -2.25. The van der Waals surface area contributed by atoms with Gasteiger partial charge in [-0.2, -0.15) is 0 Å². The van der Waals surface area contributed by atoms with Crippen LogP contribution in [0.25, 0.3) is 16.9 Å². The van der Waals surface area contributed by atoms with Crippen LogP contribution in [0.15, 0.2) is 48.7 Å². The number of carbonyl (C=O) groups excluding carboxylic acids is 1. The molecule has 10 heteroatoms. The standard InChI is InChI=1S/C26H28F2N4O4/c1-26(2,3)36-25(35)31-10-9-17(14-31)20(24(33)34)12-16-5-4-6-19(11-16)32-15-23(29-30-32)21-13-18(27)7-8-22(21)28/h4-8,11,13,15,17,20H,9-10,12,14H2,1-3H3,(H,33,34)/t17-,20-/m0/s1. The molecule has 8 nitrogen and oxygen atoms in total. The van der Waals surface area contributed by atoms with E-state index in [0.717, 1.165) is 23.8 Å². The minimum absolute atomic E-state index is 0.000814. The molecule has 3 aromatic rings. The van der Waals surface area contributed by atoms with Crippen LogP contribution >= 0.6 is 0 Å². The second kappa shape index (κ2) is 10.0. The van der Waals surface area contributed by atoms with Gasteiger partial charge in [0.05, 0.1) is 17.8 Å². The largest absolute Gasteiger partial charge is 0.481 e. The average Bonchev–Trinajstić information content (AvgIpc) is 3.48. The zero-order chi connectivity index (χ0) is 26.0. The number of aliphatic carboxylic acids is 1. The molecule has 2 aromatic carbocycles. The molecule has 4 rings (SSSR count). The number of amides is 1. The molecule has 1 aromatic heterocycles. The minimum Gasteiger partial charge on any atom is -0.481 e. The molecule has 1 aliphatic heterocycles. The summed E-state index contributed by atoms with van der Waals surface area (Å²) in [4.78, 5) is 26.1. The highest BCUT2D eigenvalue weighted by atomic mass is 19.1. The number of carboxylic acid groups (broad SMARTS) is 1. The van der Waals surface area contributed by atoms with Crippen molar-refractivity contribution in [3.8, 4) is 16.9 Å². The first-order chi connectivity index (χ1) is 17.0. The van der Waals surface area contributed by atoms with E-state index in [2.05, 4.69) is 10.3 Å². The van der Waals surface area contributed by atoms with E-state index in [1.807, 2.05) is 6.07 Å². The Morgan fingerprint density at radius 1 is 1.19 bits per heavy atom. The number of hydrogen-bond acceptors (Lipinski definition) is 5. The Labute approximate surface area is 207 Å². The van der Waals surface area contributed by atoms with E-state index >= 15 is 0 Å². The third-order valence-electron chi connectivity index (χ3n) is 6.09. The maximum atomic E-state index is 14.1. The monoisotopic (exact) mass is 498 g/mol. The van der Waals surface area contributed by atoms with Gasteiger partial charge in [-0.1, -0.05) is 17.3 Å². The van der Waals surface area contributed by atoms with Gasteiger partial charge in [0, 0.05) is 18.7 Å². The molecule has 1 fully saturated rings. The molecule has 0 unspecified atom stereocenters. The van der Waals surface area contributed by atoms with E-state index in [1.54, 1.807) is 43.9 Å². The molecule has 0 spiro atoms. The number of ether oxygens (including phenoxy) is 1. The van der Waals surface area contributed by atoms with Gasteiger partial charge in [0.1, 0.15) is 22.9 Å². The Morgan fingerprint density at radius 2 is 1.97 bits per heavy atom. The van der Waals surface area contributed by atoms with Crippen LogP contribution in [0.3, 0.4) is 0 Å². The summed E-state index contributed by atoms with van der Waals surface area (Å²) in [6.07, 6.45) is 1.88. The van der Waals surface area contributed by atoms with Crippen molar-refractivity contribution in [1.29, 1.82) is 0 Å². The van der Waals surface area contributed by atoms with E-state index in [0.29, 0.717) is 25.2 Å². The average molecular weight is 499 g/mol. The van der Waals surface area contributed by atoms with Crippen molar-refractivity contribution in [2.45, 2.75) is 39.2 Å². The van der Waals surface area contributed by atoms with Crippen molar-refractivity contribution in [3.63, 3.8) is 0 Å². The summed E-state index contributed by atoms with van der Waals surface area (Å²) in [7, 11) is 0. The van der Waals surface area contributed by atoms with Crippen molar-refractivity contribution in [1.82, 2.24) is 19.9 Å². The molecule has 0 radical (unpaired) electrons. The van der Waals surface area contributed by atoms with E-state index < -0.39 is 35.2 Å². The summed E-state index contributed by atoms with van der Waals surface area (Å²) in [6, 6.07) is 10.3. The number of benzene rings is 2. The second-order valence-electron chi connectivity index (χ2n) is 9.97. The number of aromatic nitrogens is 3. The number of carboxylic acids is 1. The van der Waals surface area contributed by atoms with Crippen molar-refractivity contribution in [3.05, 3.63) is 65.9 Å². The molecule has 1 N–H and O–H groups in total. The van der Waals surface area contributed by atoms with Crippen LogP contribution in [-0.4, -0.2) is 55.8 Å². The summed E-state index contributed by atoms with van der Waals surface area (Å²) in [5.74, 6) is -3.03. The van der Waals surface area contributed by atoms with Crippen molar-refractivity contribution in [2.24, 2.45) is 11.8 Å². The Hall–Kier alpha value is -3.82. The lowest BCUT2D eigenvalue weighted by atomic mass is 9.86. The van der Waals surface area contributed by atoms with Crippen LogP contribution in [0.2, 0.25) is 0 Å². The second-order valence-corrected chi connectivity index (χ2v) is 9.97. The van der Waals surface area contributed by atoms with E-state index in [1.165, 1.54) is 10.9 Å². The lowest BCUT2D eigenvalue weighted by Crippen LogP contribution is -2.36. The van der Waals surface area contributed by atoms with Gasteiger partial charge in [0.25, 0.3) is 0 Å². The zero-order valence-corrected chi connectivity index (χ0v) is 20.3. The lowest BCUT2D eigenvalue weighted by molar-refractivity contribution is -0.143. The highest BCUT2D eigenvalue weighted by Gasteiger charge is 2.37. The van der Waals surface area contributed by atoms with E-state index in [4.69, 9.17) is 4.74 Å². The van der Waals surface area contributed by atoms with Gasteiger partial charge in [-0.25, -0.2) is 18.3 Å². The van der Waals surface area contributed by atoms with Gasteiger partial charge in [-0.05, 0) is 75.4 Å². The number of rotatable bonds is 6. The Kier molecular flexibility index (Phi) is 7.05. The van der Waals surface area contributed by atoms with Crippen LogP contribution in [0.4, 0.5) is 13.6 Å². The van der Waals surface area contributed by atoms with Crippen molar-refractivity contribution >= 4 is 12.1 Å². The Morgan fingerprint density at radius 3 is 2.69 bits per heavy atom. The van der Waals surface area contributed by atoms with Crippen LogP contribution < -0.4 is 0 Å². The molecule has 2 atom stereocenters. The number of hydrogen-bond donors (Lipinski definition) is 1. The van der Waals surface area contributed by atoms with Gasteiger partial charge in [-0.15, -0.1) is 5.10 Å². The number of likely N-dealkylation sites (tertiary alicyclic amines) is 1. The summed E-state index contributed by atoms with van der Waals surface area (Å²) in [5, 5.41) is 17.9. The van der Waals surface area contributed by atoms with E-state index in [9.17, 15) is 23.5 Å². The molecule has 2 heterocycles. The summed E-state index contributed by atoms with van der Waals surface area (Å²) in [5.41, 5.74) is 0.926. The fourth-order valence-electron chi connectivity index (χ4n) is 4.35. The van der Waals surface area contributed by atoms with Gasteiger partial charge in [-0.3, -0.25) is 4.79 Å². The highest BCUT2D eigenvalue weighted by Crippen LogP contribution is 2.29. The highest BCUT2D eigenvalue weighted by molar-refractivity contribution is 5.72. The maximum absolute atomic E-state index is 14.1. The van der Waals surface area contributed by atoms with E-state index in [-0.39, 0.29) is 23.6 Å². The number of nitrogens with zero attached hydrogens (tertiary/aromatic N) is 4. The first-order valence-corrected chi connectivity index (χ1v) is 11.7. The van der Waals surface area contributed by atoms with Gasteiger partial charge >= 0.3 is 12.1 Å². The third kappa shape index (κ3) is 5.87. The first-order valence-electron chi connectivity index (χ1n) is 11.7. The van der Waals surface area contributed by atoms with Crippen LogP contribution in [-0.2, 0) is 16.0 Å². The Balaban J connectivity index is 1.49. The first kappa shape index (κ1) is 25.3. The summed E-state index contributed by atoms with van der Waals surface area (Å²) >= 11 is 0. The molecule has 36 heavy (non-hydrogen) atoms. The number of carbonyl (C=O) groups is 2. The fraction of sp³-hybridized carbons (Fsp3) is 0.385. The normalized spacial score (nSPS) is 16.7. The summed E-state index contributed by atoms with van der Waals surface area (Å²) in [6.45, 7) is 6.13. The Bertz CT molecular complexity index is 1270. The predicted molar refractivity (Wildman–Crippen MR) is 127 cm³/mol. The third-order valence-corrected chi connectivity index (χ3v) is 6.09. The molecule has 0 saturated carbocycles. The molecule has 0 aliphatic carbocycles. The maximum Gasteiger partial charge on any atom is 0.410 e. The quantitative estimate of drug-likeness (QED) is 0.529. The van der Waals surface area contributed by atoms with Crippen molar-refractivity contribution < 1.29 is 28.2 Å². The topological polar surface area (TPSA) is 97.5 Å². The smallest absolute Gasteiger partial charge is 0.410 e. The van der Waals surface area contributed by atoms with Gasteiger partial charge in [0.15, 0.2) is 0 Å². The fourth-order valence-corrected chi connectivity index (χ4v) is 4.35. The number of halogens is 2. The molecular formula is C26H28F2N4O4. The summed E-state index contributed by atoms with van der Waals surface area (Å²) < 4.78 is 34.5. The van der Waals surface area contributed by atoms with Crippen LogP contribution in [0.5, 0.6) is 0 Å². The SMILES string of the molecule is CC(C)(C)OC(=O)N1CC[C@H]([C@H](Cc2cccc(-n3cc(-c4cc(F)ccc4F)nn3)c2)C(=O)O)C1. The minimum atomic E-state index is -0.930. The predicted octanol–water partition coefficient (Wildman–Crippen LogP) is 4.71. The molecule has 1 aliphatic rings. The zero-order valence-electron chi connectivity index (χ0n) is 20.3. The molecule has 1 amide bonds. The van der Waals surface area contributed by atoms with Crippen LogP contribution in [0.1, 0.15) is 32.8 Å².